The van der Waals surface area contributed by atoms with Crippen molar-refractivity contribution in [1.29, 1.82) is 0 Å². The minimum Gasteiger partial charge on any atom is -0.747 e. The Hall–Kier alpha value is -0.0500. The molecule has 3 aliphatic rings. The van der Waals surface area contributed by atoms with Gasteiger partial charge < -0.3 is 4.55 Å². The molecule has 2 aliphatic carbocycles. The van der Waals surface area contributed by atoms with Crippen molar-refractivity contribution < 1.29 is 22.6 Å². The standard InChI is InChI=1S/C10H16O4S.C9H17OS2/c1-9(2)6-4-5-10(9,3)8(11)7(6)15(12,13)14;1-8(2)9(10)7-12-5-3-11-4-6-12/h6-7H,4-5H2,1-3H3,(H,12,13,14);8H,3-7H2,1-2H3/q;+1/p-1. The first-order valence-corrected chi connectivity index (χ1v) is 13.9. The molecule has 2 saturated carbocycles. The molecule has 0 radical (unpaired) electrons. The van der Waals surface area contributed by atoms with E-state index in [-0.39, 0.29) is 23.0 Å². The van der Waals surface area contributed by atoms with Crippen molar-refractivity contribution in [1.82, 2.24) is 0 Å². The van der Waals surface area contributed by atoms with Crippen LogP contribution in [0.1, 0.15) is 47.5 Å². The van der Waals surface area contributed by atoms with Gasteiger partial charge >= 0.3 is 0 Å². The van der Waals surface area contributed by atoms with Crippen molar-refractivity contribution in [3.05, 3.63) is 0 Å². The Morgan fingerprint density at radius 3 is 2.19 bits per heavy atom. The summed E-state index contributed by atoms with van der Waals surface area (Å²) in [6, 6.07) is 0. The van der Waals surface area contributed by atoms with Gasteiger partial charge in [0, 0.05) is 22.8 Å². The average molecular weight is 437 g/mol. The van der Waals surface area contributed by atoms with Crippen LogP contribution in [0.15, 0.2) is 0 Å². The predicted molar refractivity (Wildman–Crippen MR) is 112 cm³/mol. The van der Waals surface area contributed by atoms with Crippen LogP contribution in [0.4, 0.5) is 0 Å². The van der Waals surface area contributed by atoms with E-state index in [1.807, 2.05) is 39.5 Å². The highest BCUT2D eigenvalue weighted by atomic mass is 32.2. The highest BCUT2D eigenvalue weighted by Crippen LogP contribution is 2.64. The van der Waals surface area contributed by atoms with Gasteiger partial charge in [0.1, 0.15) is 26.9 Å². The summed E-state index contributed by atoms with van der Waals surface area (Å²) in [6.07, 6.45) is 1.37. The molecule has 8 heteroatoms. The average Bonchev–Trinajstić information content (AvgIpc) is 2.87. The van der Waals surface area contributed by atoms with E-state index in [2.05, 4.69) is 0 Å². The van der Waals surface area contributed by atoms with Crippen molar-refractivity contribution in [3.8, 4) is 0 Å². The molecular weight excluding hydrogens is 404 g/mol. The van der Waals surface area contributed by atoms with Gasteiger partial charge in [0.25, 0.3) is 0 Å². The molecule has 1 heterocycles. The maximum absolute atomic E-state index is 12.0. The fourth-order valence-electron chi connectivity index (χ4n) is 4.41. The van der Waals surface area contributed by atoms with E-state index in [0.717, 1.165) is 5.75 Å². The Kier molecular flexibility index (Phi) is 7.20. The molecule has 2 bridgehead atoms. The molecule has 27 heavy (non-hydrogen) atoms. The Balaban J connectivity index is 0.000000199. The van der Waals surface area contributed by atoms with Crippen LogP contribution < -0.4 is 0 Å². The van der Waals surface area contributed by atoms with Crippen LogP contribution in [-0.2, 0) is 30.6 Å². The van der Waals surface area contributed by atoms with E-state index in [0.29, 0.717) is 29.5 Å². The molecule has 5 nitrogen and oxygen atoms in total. The largest absolute Gasteiger partial charge is 0.747 e. The second-order valence-corrected chi connectivity index (χ2v) is 13.9. The lowest BCUT2D eigenvalue weighted by atomic mass is 9.70. The van der Waals surface area contributed by atoms with Crippen LogP contribution in [0.25, 0.3) is 0 Å². The van der Waals surface area contributed by atoms with Gasteiger partial charge in [-0.1, -0.05) is 34.6 Å². The summed E-state index contributed by atoms with van der Waals surface area (Å²) in [6.45, 7) is 9.59. The molecule has 0 N–H and O–H groups in total. The Bertz CT molecular complexity index is 679. The van der Waals surface area contributed by atoms with Crippen molar-refractivity contribution >= 4 is 44.3 Å². The summed E-state index contributed by atoms with van der Waals surface area (Å²) in [5.41, 5.74) is -0.994. The maximum atomic E-state index is 12.0. The van der Waals surface area contributed by atoms with Crippen LogP contribution in [0.2, 0.25) is 0 Å². The van der Waals surface area contributed by atoms with Crippen molar-refractivity contribution in [2.24, 2.45) is 22.7 Å². The van der Waals surface area contributed by atoms with Crippen LogP contribution in [-0.4, -0.2) is 58.6 Å². The third-order valence-corrected chi connectivity index (χ3v) is 11.7. The highest BCUT2D eigenvalue weighted by molar-refractivity contribution is 8.05. The number of fused-ring (bicyclic) bond motifs is 2. The third-order valence-electron chi connectivity index (χ3n) is 6.81. The lowest BCUT2D eigenvalue weighted by molar-refractivity contribution is -0.128. The van der Waals surface area contributed by atoms with Crippen LogP contribution in [0, 0.1) is 22.7 Å². The number of hydrogen-bond donors (Lipinski definition) is 0. The first-order valence-electron chi connectivity index (χ1n) is 9.56. The molecule has 0 amide bonds. The van der Waals surface area contributed by atoms with E-state index in [9.17, 15) is 22.6 Å². The van der Waals surface area contributed by atoms with Gasteiger partial charge in [-0.05, 0) is 35.1 Å². The fourth-order valence-corrected chi connectivity index (χ4v) is 10.1. The predicted octanol–water partition coefficient (Wildman–Crippen LogP) is 2.50. The lowest BCUT2D eigenvalue weighted by Gasteiger charge is -2.32. The minimum atomic E-state index is -4.49. The molecule has 1 aliphatic heterocycles. The number of Topliss-reactive ketones (excluding diaryl/α,β-unsaturated/α-hetero) is 2. The molecule has 0 spiro atoms. The zero-order valence-corrected chi connectivity index (χ0v) is 19.4. The molecule has 1 saturated heterocycles. The topological polar surface area (TPSA) is 91.3 Å². The SMILES string of the molecule is CC(C)C(=O)C[S+]1CCSCC1.CC12CCC(C(S(=O)(=O)[O-])C1=O)C2(C)C. The van der Waals surface area contributed by atoms with Gasteiger partial charge in [0.05, 0.1) is 0 Å². The smallest absolute Gasteiger partial charge is 0.184 e. The zero-order valence-electron chi connectivity index (χ0n) is 16.9. The number of thioether (sulfide) groups is 1. The molecule has 3 atom stereocenters. The van der Waals surface area contributed by atoms with Crippen LogP contribution in [0.5, 0.6) is 0 Å². The Morgan fingerprint density at radius 1 is 1.26 bits per heavy atom. The van der Waals surface area contributed by atoms with E-state index in [1.165, 1.54) is 23.0 Å². The van der Waals surface area contributed by atoms with Crippen molar-refractivity contribution in [2.45, 2.75) is 52.7 Å². The normalized spacial score (nSPS) is 33.1. The van der Waals surface area contributed by atoms with E-state index in [1.54, 1.807) is 6.92 Å². The molecule has 0 aromatic heterocycles. The summed E-state index contributed by atoms with van der Waals surface area (Å²) in [5, 5.41) is -1.30. The van der Waals surface area contributed by atoms with Crippen molar-refractivity contribution in [3.63, 3.8) is 0 Å². The summed E-state index contributed by atoms with van der Waals surface area (Å²) in [5.74, 6) is 6.02. The van der Waals surface area contributed by atoms with Crippen LogP contribution >= 0.6 is 11.8 Å². The molecular formula is C19H32O5S3. The van der Waals surface area contributed by atoms with Gasteiger partial charge in [0.2, 0.25) is 0 Å². The number of rotatable bonds is 4. The van der Waals surface area contributed by atoms with Gasteiger partial charge in [0.15, 0.2) is 17.3 Å². The van der Waals surface area contributed by atoms with Crippen molar-refractivity contribution in [2.75, 3.05) is 28.8 Å². The summed E-state index contributed by atoms with van der Waals surface area (Å²) >= 11 is 2.03. The van der Waals surface area contributed by atoms with E-state index >= 15 is 0 Å². The molecule has 0 aromatic rings. The monoisotopic (exact) mass is 436 g/mol. The second-order valence-electron chi connectivity index (χ2n) is 8.87. The number of carbonyl (C=O) groups excluding carboxylic acids is 2. The number of carbonyl (C=O) groups is 2. The van der Waals surface area contributed by atoms with Gasteiger partial charge in [-0.15, -0.1) is 0 Å². The zero-order chi connectivity index (χ0) is 20.6. The summed E-state index contributed by atoms with van der Waals surface area (Å²) in [7, 11) is -4.06. The molecule has 0 aromatic carbocycles. The highest BCUT2D eigenvalue weighted by Gasteiger charge is 2.67. The molecule has 3 unspecified atom stereocenters. The number of ketones is 2. The summed E-state index contributed by atoms with van der Waals surface area (Å²) in [4.78, 5) is 23.4. The Labute approximate surface area is 170 Å². The van der Waals surface area contributed by atoms with Gasteiger partial charge in [-0.3, -0.25) is 9.59 Å². The molecule has 3 fully saturated rings. The summed E-state index contributed by atoms with van der Waals surface area (Å²) < 4.78 is 33.3. The first kappa shape index (κ1) is 23.2. The van der Waals surface area contributed by atoms with Crippen LogP contribution in [0.3, 0.4) is 0 Å². The maximum Gasteiger partial charge on any atom is 0.184 e. The van der Waals surface area contributed by atoms with E-state index < -0.39 is 20.8 Å². The Morgan fingerprint density at radius 2 is 1.81 bits per heavy atom. The second kappa shape index (κ2) is 8.36. The lowest BCUT2D eigenvalue weighted by Crippen LogP contribution is -2.38. The number of hydrogen-bond acceptors (Lipinski definition) is 6. The quantitative estimate of drug-likeness (QED) is 0.497. The van der Waals surface area contributed by atoms with E-state index in [4.69, 9.17) is 0 Å². The molecule has 3 rings (SSSR count). The molecule has 156 valence electrons. The van der Waals surface area contributed by atoms with Gasteiger partial charge in [-0.2, -0.15) is 11.8 Å². The first-order chi connectivity index (χ1) is 12.3. The fraction of sp³-hybridized carbons (Fsp3) is 0.895. The van der Waals surface area contributed by atoms with Gasteiger partial charge in [-0.25, -0.2) is 8.42 Å². The minimum absolute atomic E-state index is 0.243. The third kappa shape index (κ3) is 4.59.